The van der Waals surface area contributed by atoms with Crippen LogP contribution in [0.15, 0.2) is 6.07 Å². The van der Waals surface area contributed by atoms with Gasteiger partial charge in [-0.3, -0.25) is 0 Å². The Morgan fingerprint density at radius 3 is 2.65 bits per heavy atom. The second-order valence-electron chi connectivity index (χ2n) is 3.53. The van der Waals surface area contributed by atoms with Gasteiger partial charge in [0.05, 0.1) is 9.16 Å². The highest BCUT2D eigenvalue weighted by Gasteiger charge is 2.27. The summed E-state index contributed by atoms with van der Waals surface area (Å²) in [4.78, 5) is 0.982. The van der Waals surface area contributed by atoms with Gasteiger partial charge in [-0.05, 0) is 25.0 Å². The SMILES string of the molecule is Cc1cc(C(Br)CCOCC(F)(F)F)sc1Cl. The lowest BCUT2D eigenvalue weighted by Crippen LogP contribution is -2.17. The third-order valence-corrected chi connectivity index (χ3v) is 4.89. The van der Waals surface area contributed by atoms with E-state index >= 15 is 0 Å². The average molecular weight is 352 g/mol. The molecule has 0 bridgehead atoms. The van der Waals surface area contributed by atoms with Gasteiger partial charge in [0.15, 0.2) is 0 Å². The molecule has 0 radical (unpaired) electrons. The highest BCUT2D eigenvalue weighted by Crippen LogP contribution is 2.36. The molecule has 0 saturated heterocycles. The lowest BCUT2D eigenvalue weighted by atomic mass is 10.2. The summed E-state index contributed by atoms with van der Waals surface area (Å²) >= 11 is 10.7. The van der Waals surface area contributed by atoms with Crippen molar-refractivity contribution in [1.82, 2.24) is 0 Å². The predicted octanol–water partition coefficient (Wildman–Crippen LogP) is 5.11. The fourth-order valence-electron chi connectivity index (χ4n) is 1.15. The molecule has 0 aromatic carbocycles. The molecule has 1 aromatic rings. The molecule has 1 nitrogen and oxygen atoms in total. The molecule has 0 fully saturated rings. The van der Waals surface area contributed by atoms with Crippen molar-refractivity contribution in [2.45, 2.75) is 24.3 Å². The Morgan fingerprint density at radius 2 is 2.18 bits per heavy atom. The summed E-state index contributed by atoms with van der Waals surface area (Å²) in [7, 11) is 0. The Balaban J connectivity index is 2.33. The van der Waals surface area contributed by atoms with Gasteiger partial charge in [0.1, 0.15) is 6.61 Å². The lowest BCUT2D eigenvalue weighted by Gasteiger charge is -2.10. The van der Waals surface area contributed by atoms with Gasteiger partial charge < -0.3 is 4.74 Å². The van der Waals surface area contributed by atoms with Crippen LogP contribution in [-0.4, -0.2) is 19.4 Å². The van der Waals surface area contributed by atoms with E-state index in [9.17, 15) is 13.2 Å². The Kier molecular flexibility index (Phi) is 5.76. The second kappa shape index (κ2) is 6.41. The second-order valence-corrected chi connectivity index (χ2v) is 6.32. The lowest BCUT2D eigenvalue weighted by molar-refractivity contribution is -0.174. The molecule has 0 aliphatic carbocycles. The Morgan fingerprint density at radius 1 is 1.53 bits per heavy atom. The van der Waals surface area contributed by atoms with Gasteiger partial charge in [0, 0.05) is 11.5 Å². The number of hydrogen-bond acceptors (Lipinski definition) is 2. The molecule has 1 aromatic heterocycles. The first-order valence-corrected chi connectivity index (χ1v) is 6.95. The van der Waals surface area contributed by atoms with E-state index in [-0.39, 0.29) is 11.4 Å². The van der Waals surface area contributed by atoms with Crippen molar-refractivity contribution in [2.75, 3.05) is 13.2 Å². The van der Waals surface area contributed by atoms with Gasteiger partial charge in [-0.2, -0.15) is 13.2 Å². The predicted molar refractivity (Wildman–Crippen MR) is 67.2 cm³/mol. The summed E-state index contributed by atoms with van der Waals surface area (Å²) in [6.45, 7) is 0.753. The molecule has 7 heteroatoms. The largest absolute Gasteiger partial charge is 0.411 e. The molecular formula is C10H11BrClF3OS. The zero-order chi connectivity index (χ0) is 13.1. The Labute approximate surface area is 115 Å². The van der Waals surface area contributed by atoms with Crippen molar-refractivity contribution in [3.05, 3.63) is 20.8 Å². The summed E-state index contributed by atoms with van der Waals surface area (Å²) in [5.74, 6) is 0. The number of aryl methyl sites for hydroxylation is 1. The number of halogens is 5. The quantitative estimate of drug-likeness (QED) is 0.529. The van der Waals surface area contributed by atoms with Crippen LogP contribution in [0.4, 0.5) is 13.2 Å². The molecule has 1 rings (SSSR count). The van der Waals surface area contributed by atoms with Crippen molar-refractivity contribution in [3.63, 3.8) is 0 Å². The first-order chi connectivity index (χ1) is 7.79. The minimum atomic E-state index is -4.26. The molecule has 17 heavy (non-hydrogen) atoms. The fourth-order valence-corrected chi connectivity index (χ4v) is 2.98. The van der Waals surface area contributed by atoms with Crippen LogP contribution in [0.3, 0.4) is 0 Å². The standard InChI is InChI=1S/C10H11BrClF3OS/c1-6-4-8(17-9(6)12)7(11)2-3-16-5-10(13,14)15/h4,7H,2-3,5H2,1H3. The molecule has 1 unspecified atom stereocenters. The van der Waals surface area contributed by atoms with Crippen LogP contribution in [-0.2, 0) is 4.74 Å². The topological polar surface area (TPSA) is 9.23 Å². The minimum Gasteiger partial charge on any atom is -0.372 e. The van der Waals surface area contributed by atoms with Crippen molar-refractivity contribution in [3.8, 4) is 0 Å². The van der Waals surface area contributed by atoms with Crippen LogP contribution in [0, 0.1) is 6.92 Å². The molecule has 98 valence electrons. The maximum absolute atomic E-state index is 11.8. The molecular weight excluding hydrogens is 341 g/mol. The normalized spacial score (nSPS) is 14.0. The number of alkyl halides is 4. The van der Waals surface area contributed by atoms with Crippen molar-refractivity contribution in [1.29, 1.82) is 0 Å². The van der Waals surface area contributed by atoms with Gasteiger partial charge >= 0.3 is 6.18 Å². The minimum absolute atomic E-state index is 0.0214. The van der Waals surface area contributed by atoms with Gasteiger partial charge in [0.2, 0.25) is 0 Å². The van der Waals surface area contributed by atoms with Crippen molar-refractivity contribution < 1.29 is 17.9 Å². The number of ether oxygens (including phenoxy) is 1. The third kappa shape index (κ3) is 5.59. The van der Waals surface area contributed by atoms with Gasteiger partial charge in [-0.1, -0.05) is 27.5 Å². The van der Waals surface area contributed by atoms with E-state index in [2.05, 4.69) is 20.7 Å². The van der Waals surface area contributed by atoms with Crippen LogP contribution in [0.25, 0.3) is 0 Å². The van der Waals surface area contributed by atoms with E-state index in [0.29, 0.717) is 10.8 Å². The van der Waals surface area contributed by atoms with E-state index < -0.39 is 12.8 Å². The van der Waals surface area contributed by atoms with Crippen LogP contribution in [0.1, 0.15) is 21.7 Å². The molecule has 0 aliphatic rings. The molecule has 0 N–H and O–H groups in total. The first kappa shape index (κ1) is 15.3. The third-order valence-electron chi connectivity index (χ3n) is 1.97. The van der Waals surface area contributed by atoms with E-state index in [1.807, 2.05) is 13.0 Å². The molecule has 0 spiro atoms. The monoisotopic (exact) mass is 350 g/mol. The van der Waals surface area contributed by atoms with Crippen molar-refractivity contribution in [2.24, 2.45) is 0 Å². The summed E-state index contributed by atoms with van der Waals surface area (Å²) in [6.07, 6.45) is -3.78. The van der Waals surface area contributed by atoms with Gasteiger partial charge in [-0.15, -0.1) is 11.3 Å². The summed E-state index contributed by atoms with van der Waals surface area (Å²) in [6, 6.07) is 1.93. The average Bonchev–Trinajstić information content (AvgIpc) is 2.52. The smallest absolute Gasteiger partial charge is 0.372 e. The Bertz CT molecular complexity index is 347. The highest BCUT2D eigenvalue weighted by atomic mass is 79.9. The van der Waals surface area contributed by atoms with Gasteiger partial charge in [0.25, 0.3) is 0 Å². The van der Waals surface area contributed by atoms with E-state index in [1.54, 1.807) is 0 Å². The number of hydrogen-bond donors (Lipinski definition) is 0. The molecule has 0 aliphatic heterocycles. The van der Waals surface area contributed by atoms with E-state index in [1.165, 1.54) is 11.3 Å². The summed E-state index contributed by atoms with van der Waals surface area (Å²) in [5, 5.41) is 0. The van der Waals surface area contributed by atoms with Crippen LogP contribution in [0.2, 0.25) is 4.34 Å². The number of rotatable bonds is 5. The summed E-state index contributed by atoms with van der Waals surface area (Å²) < 4.78 is 40.7. The molecule has 0 amide bonds. The van der Waals surface area contributed by atoms with Crippen molar-refractivity contribution >= 4 is 38.9 Å². The zero-order valence-corrected chi connectivity index (χ0v) is 12.1. The van der Waals surface area contributed by atoms with Crippen LogP contribution >= 0.6 is 38.9 Å². The van der Waals surface area contributed by atoms with E-state index in [0.717, 1.165) is 10.4 Å². The summed E-state index contributed by atoms with van der Waals surface area (Å²) in [5.41, 5.74) is 0.979. The zero-order valence-electron chi connectivity index (χ0n) is 8.98. The van der Waals surface area contributed by atoms with E-state index in [4.69, 9.17) is 11.6 Å². The highest BCUT2D eigenvalue weighted by molar-refractivity contribution is 9.09. The van der Waals surface area contributed by atoms with Crippen LogP contribution in [0.5, 0.6) is 0 Å². The van der Waals surface area contributed by atoms with Crippen LogP contribution < -0.4 is 0 Å². The number of thiophene rings is 1. The fraction of sp³-hybridized carbons (Fsp3) is 0.600. The molecule has 1 heterocycles. The molecule has 1 atom stereocenters. The maximum atomic E-state index is 11.8. The van der Waals surface area contributed by atoms with Gasteiger partial charge in [-0.25, -0.2) is 0 Å². The molecule has 0 saturated carbocycles. The maximum Gasteiger partial charge on any atom is 0.411 e. The Hall–Kier alpha value is 0.220. The first-order valence-electron chi connectivity index (χ1n) is 4.84.